The molecule has 2 aromatic heterocycles. The number of para-hydroxylation sites is 1. The van der Waals surface area contributed by atoms with E-state index in [1.54, 1.807) is 11.3 Å². The largest absolute Gasteiger partial charge is 1.00 e. The fourth-order valence-electron chi connectivity index (χ4n) is 2.20. The van der Waals surface area contributed by atoms with Crippen molar-refractivity contribution in [2.24, 2.45) is 0 Å². The van der Waals surface area contributed by atoms with Crippen LogP contribution >= 0.6 is 11.3 Å². The zero-order valence-electron chi connectivity index (χ0n) is 13.5. The normalized spacial score (nSPS) is 9.58. The van der Waals surface area contributed by atoms with Crippen LogP contribution < -0.4 is 22.1 Å². The van der Waals surface area contributed by atoms with Crippen LogP contribution in [0.15, 0.2) is 48.0 Å². The number of ether oxygens (including phenoxy) is 1. The molecule has 0 bridgehead atoms. The zero-order valence-corrected chi connectivity index (χ0v) is 15.0. The summed E-state index contributed by atoms with van der Waals surface area (Å²) in [4.78, 5) is 7.63. The lowest BCUT2D eigenvalue weighted by atomic mass is 10.1. The molecule has 0 aliphatic carbocycles. The number of halogens is 1. The Morgan fingerprint density at radius 2 is 2.00 bits per heavy atom. The summed E-state index contributed by atoms with van der Waals surface area (Å²) in [6.07, 6.45) is 1.91. The smallest absolute Gasteiger partial charge is 0.214 e. The van der Waals surface area contributed by atoms with E-state index < -0.39 is 0 Å². The second-order valence-electron chi connectivity index (χ2n) is 4.92. The molecule has 0 unspecified atom stereocenters. The molecule has 5 heteroatoms. The molecule has 0 aliphatic rings. The SMILES string of the molecule is CCOc1ccccc1-c1ccc(C#Cc2csc(C)n2)c[nH+]1.[Cl-]. The number of hydrogen-bond acceptors (Lipinski definition) is 3. The molecule has 3 nitrogen and oxygen atoms in total. The average molecular weight is 357 g/mol. The third-order valence-electron chi connectivity index (χ3n) is 3.24. The first-order valence-electron chi connectivity index (χ1n) is 7.44. The van der Waals surface area contributed by atoms with E-state index in [9.17, 15) is 0 Å². The predicted molar refractivity (Wildman–Crippen MR) is 92.4 cm³/mol. The highest BCUT2D eigenvalue weighted by Crippen LogP contribution is 2.26. The van der Waals surface area contributed by atoms with Crippen LogP contribution in [0.25, 0.3) is 11.3 Å². The number of benzene rings is 1. The number of aromatic nitrogens is 2. The maximum Gasteiger partial charge on any atom is 0.214 e. The van der Waals surface area contributed by atoms with Gasteiger partial charge in [0.25, 0.3) is 0 Å². The third-order valence-corrected chi connectivity index (χ3v) is 4.02. The number of pyridine rings is 1. The van der Waals surface area contributed by atoms with Gasteiger partial charge in [-0.25, -0.2) is 9.97 Å². The number of rotatable bonds is 3. The van der Waals surface area contributed by atoms with Crippen molar-refractivity contribution >= 4 is 11.3 Å². The number of nitrogens with zero attached hydrogens (tertiary/aromatic N) is 1. The van der Waals surface area contributed by atoms with Gasteiger partial charge in [-0.2, -0.15) is 0 Å². The molecule has 0 fully saturated rings. The molecule has 0 spiro atoms. The standard InChI is InChI=1S/C19H16N2OS.ClH/c1-3-22-19-7-5-4-6-17(19)18-11-9-15(12-20-18)8-10-16-13-23-14(2)21-16;/h4-7,9,11-13H,3H2,1-2H3;1H. The van der Waals surface area contributed by atoms with E-state index >= 15 is 0 Å². The molecule has 3 aromatic rings. The first-order chi connectivity index (χ1) is 11.3. The highest BCUT2D eigenvalue weighted by Gasteiger charge is 2.11. The summed E-state index contributed by atoms with van der Waals surface area (Å²) in [7, 11) is 0. The molecule has 122 valence electrons. The van der Waals surface area contributed by atoms with Crippen molar-refractivity contribution in [1.82, 2.24) is 4.98 Å². The maximum absolute atomic E-state index is 5.67. The Kier molecular flexibility index (Phi) is 6.36. The van der Waals surface area contributed by atoms with Crippen LogP contribution in [0, 0.1) is 18.8 Å². The van der Waals surface area contributed by atoms with Crippen LogP contribution in [-0.2, 0) is 0 Å². The summed E-state index contributed by atoms with van der Waals surface area (Å²) in [6, 6.07) is 12.0. The summed E-state index contributed by atoms with van der Waals surface area (Å²) >= 11 is 1.61. The van der Waals surface area contributed by atoms with Gasteiger partial charge in [0, 0.05) is 11.4 Å². The summed E-state index contributed by atoms with van der Waals surface area (Å²) in [5.74, 6) is 7.08. The van der Waals surface area contributed by atoms with Crippen molar-refractivity contribution in [3.63, 3.8) is 0 Å². The van der Waals surface area contributed by atoms with Crippen LogP contribution in [-0.4, -0.2) is 11.6 Å². The molecule has 0 radical (unpaired) electrons. The molecule has 0 amide bonds. The average Bonchev–Trinajstić information content (AvgIpc) is 3.00. The Morgan fingerprint density at radius 1 is 1.17 bits per heavy atom. The van der Waals surface area contributed by atoms with E-state index in [-0.39, 0.29) is 12.4 Å². The Labute approximate surface area is 152 Å². The number of thiazole rings is 1. The fraction of sp³-hybridized carbons (Fsp3) is 0.158. The van der Waals surface area contributed by atoms with Crippen LogP contribution in [0.4, 0.5) is 0 Å². The Balaban J connectivity index is 0.00000208. The van der Waals surface area contributed by atoms with Crippen molar-refractivity contribution < 1.29 is 22.1 Å². The van der Waals surface area contributed by atoms with Gasteiger partial charge in [0.15, 0.2) is 6.20 Å². The molecule has 0 aliphatic heterocycles. The molecule has 2 heterocycles. The van der Waals surface area contributed by atoms with E-state index in [2.05, 4.69) is 21.8 Å². The van der Waals surface area contributed by atoms with E-state index in [0.29, 0.717) is 6.61 Å². The molecule has 0 saturated heterocycles. The molecule has 0 atom stereocenters. The lowest BCUT2D eigenvalue weighted by Crippen LogP contribution is -3.00. The Bertz CT molecular complexity index is 863. The lowest BCUT2D eigenvalue weighted by molar-refractivity contribution is -0.364. The number of H-pyrrole nitrogens is 1. The Hall–Kier alpha value is -2.35. The number of nitrogens with one attached hydrogen (secondary N) is 1. The van der Waals surface area contributed by atoms with Crippen LogP contribution in [0.3, 0.4) is 0 Å². The number of aromatic amines is 1. The van der Waals surface area contributed by atoms with E-state index in [0.717, 1.165) is 33.3 Å². The van der Waals surface area contributed by atoms with Crippen LogP contribution in [0.5, 0.6) is 5.75 Å². The topological polar surface area (TPSA) is 36.3 Å². The van der Waals surface area contributed by atoms with Gasteiger partial charge in [0.05, 0.1) is 22.7 Å². The minimum absolute atomic E-state index is 0. The first-order valence-corrected chi connectivity index (χ1v) is 8.32. The summed E-state index contributed by atoms with van der Waals surface area (Å²) in [5.41, 5.74) is 3.79. The van der Waals surface area contributed by atoms with Gasteiger partial charge >= 0.3 is 0 Å². The quantitative estimate of drug-likeness (QED) is 0.649. The van der Waals surface area contributed by atoms with Crippen LogP contribution in [0.2, 0.25) is 0 Å². The summed E-state index contributed by atoms with van der Waals surface area (Å²) < 4.78 is 5.67. The van der Waals surface area contributed by atoms with Crippen molar-refractivity contribution in [2.45, 2.75) is 13.8 Å². The van der Waals surface area contributed by atoms with Crippen molar-refractivity contribution in [3.05, 3.63) is 64.2 Å². The maximum atomic E-state index is 5.67. The fourth-order valence-corrected chi connectivity index (χ4v) is 2.74. The highest BCUT2D eigenvalue weighted by molar-refractivity contribution is 7.09. The first kappa shape index (κ1) is 18.0. The second kappa shape index (κ2) is 8.49. The van der Waals surface area contributed by atoms with Gasteiger partial charge in [0.2, 0.25) is 5.69 Å². The van der Waals surface area contributed by atoms with Crippen molar-refractivity contribution in [1.29, 1.82) is 0 Å². The van der Waals surface area contributed by atoms with E-state index in [4.69, 9.17) is 4.74 Å². The second-order valence-corrected chi connectivity index (χ2v) is 5.98. The van der Waals surface area contributed by atoms with E-state index in [1.165, 1.54) is 0 Å². The molecule has 1 N–H and O–H groups in total. The summed E-state index contributed by atoms with van der Waals surface area (Å²) in [6.45, 7) is 4.61. The minimum atomic E-state index is 0. The molecule has 3 rings (SSSR count). The molecular formula is C19H17ClN2OS. The van der Waals surface area contributed by atoms with Gasteiger partial charge in [-0.05, 0) is 38.0 Å². The van der Waals surface area contributed by atoms with Gasteiger partial charge in [-0.1, -0.05) is 18.1 Å². The highest BCUT2D eigenvalue weighted by atomic mass is 35.5. The molecular weight excluding hydrogens is 340 g/mol. The summed E-state index contributed by atoms with van der Waals surface area (Å²) in [5, 5.41) is 3.00. The van der Waals surface area contributed by atoms with Gasteiger partial charge in [-0.15, -0.1) is 11.3 Å². The van der Waals surface area contributed by atoms with Gasteiger partial charge in [-0.3, -0.25) is 0 Å². The molecule has 24 heavy (non-hydrogen) atoms. The molecule has 1 aromatic carbocycles. The zero-order chi connectivity index (χ0) is 16.1. The van der Waals surface area contributed by atoms with Crippen molar-refractivity contribution in [3.8, 4) is 28.8 Å². The van der Waals surface area contributed by atoms with Gasteiger partial charge in [0.1, 0.15) is 11.4 Å². The predicted octanol–water partition coefficient (Wildman–Crippen LogP) is 0.735. The van der Waals surface area contributed by atoms with Crippen molar-refractivity contribution in [2.75, 3.05) is 6.61 Å². The monoisotopic (exact) mass is 356 g/mol. The Morgan fingerprint density at radius 3 is 2.67 bits per heavy atom. The minimum Gasteiger partial charge on any atom is -1.00 e. The lowest BCUT2D eigenvalue weighted by Gasteiger charge is -2.06. The number of aryl methyl sites for hydroxylation is 1. The third kappa shape index (κ3) is 4.35. The van der Waals surface area contributed by atoms with E-state index in [1.807, 2.05) is 61.8 Å². The molecule has 0 saturated carbocycles. The van der Waals surface area contributed by atoms with Gasteiger partial charge < -0.3 is 17.1 Å². The number of hydrogen-bond donors (Lipinski definition) is 0. The van der Waals surface area contributed by atoms with Crippen LogP contribution in [0.1, 0.15) is 23.2 Å².